The van der Waals surface area contributed by atoms with E-state index in [1.165, 1.54) is 6.07 Å². The Bertz CT molecular complexity index is 590. The maximum Gasteiger partial charge on any atom is 0.223 e. The van der Waals surface area contributed by atoms with Crippen LogP contribution in [0.15, 0.2) is 23.2 Å². The van der Waals surface area contributed by atoms with Crippen LogP contribution in [0, 0.1) is 18.7 Å². The average Bonchev–Trinajstić information content (AvgIpc) is 3.37. The summed E-state index contributed by atoms with van der Waals surface area (Å²) in [7, 11) is 1.68. The molecule has 0 saturated heterocycles. The first-order valence-electron chi connectivity index (χ1n) is 8.02. The molecule has 0 aliphatic heterocycles. The van der Waals surface area contributed by atoms with E-state index in [1.807, 2.05) is 13.0 Å². The monoisotopic (exact) mass is 448 g/mol. The Morgan fingerprint density at radius 2 is 2.00 bits per heavy atom. The number of carbonyl (C=O) groups is 1. The maximum atomic E-state index is 13.6. The largest absolute Gasteiger partial charge is 0.355 e. The van der Waals surface area contributed by atoms with Crippen LogP contribution in [0.2, 0.25) is 0 Å². The van der Waals surface area contributed by atoms with E-state index in [2.05, 4.69) is 20.9 Å². The lowest BCUT2D eigenvalue weighted by Gasteiger charge is -2.18. The molecule has 1 aromatic rings. The molecule has 0 bridgehead atoms. The van der Waals surface area contributed by atoms with Crippen LogP contribution < -0.4 is 16.0 Å². The van der Waals surface area contributed by atoms with Gasteiger partial charge < -0.3 is 16.0 Å². The molecule has 1 saturated carbocycles. The van der Waals surface area contributed by atoms with E-state index in [0.29, 0.717) is 24.6 Å². The van der Waals surface area contributed by atoms with E-state index in [4.69, 9.17) is 0 Å². The van der Waals surface area contributed by atoms with Crippen LogP contribution in [0.25, 0.3) is 0 Å². The number of rotatable bonds is 6. The minimum atomic E-state index is -0.207. The molecule has 1 aliphatic carbocycles. The lowest BCUT2D eigenvalue weighted by atomic mass is 10.1. The van der Waals surface area contributed by atoms with E-state index in [-0.39, 0.29) is 47.7 Å². The second kappa shape index (κ2) is 9.80. The van der Waals surface area contributed by atoms with E-state index in [1.54, 1.807) is 20.0 Å². The van der Waals surface area contributed by atoms with Crippen molar-refractivity contribution in [2.24, 2.45) is 10.9 Å². The normalized spacial score (nSPS) is 15.2. The second-order valence-electron chi connectivity index (χ2n) is 5.94. The highest BCUT2D eigenvalue weighted by Crippen LogP contribution is 2.28. The van der Waals surface area contributed by atoms with Crippen molar-refractivity contribution in [2.75, 3.05) is 20.1 Å². The number of hydrogen-bond acceptors (Lipinski definition) is 2. The van der Waals surface area contributed by atoms with E-state index in [9.17, 15) is 9.18 Å². The van der Waals surface area contributed by atoms with E-state index in [0.717, 1.165) is 18.4 Å². The van der Waals surface area contributed by atoms with Crippen molar-refractivity contribution in [2.45, 2.75) is 32.7 Å². The summed E-state index contributed by atoms with van der Waals surface area (Å²) in [5, 5.41) is 9.24. The Hall–Kier alpha value is -1.38. The topological polar surface area (TPSA) is 65.5 Å². The van der Waals surface area contributed by atoms with Crippen LogP contribution in [0.3, 0.4) is 0 Å². The molecule has 1 atom stereocenters. The molecular formula is C17H26FIN4O. The number of benzene rings is 1. The molecule has 1 aromatic carbocycles. The summed E-state index contributed by atoms with van der Waals surface area (Å²) in [5.74, 6) is 0.781. The number of aliphatic imine (C=N–C) groups is 1. The first-order chi connectivity index (χ1) is 11.0. The third-order valence-corrected chi connectivity index (χ3v) is 3.94. The zero-order valence-corrected chi connectivity index (χ0v) is 16.7. The van der Waals surface area contributed by atoms with Gasteiger partial charge in [-0.1, -0.05) is 12.1 Å². The zero-order chi connectivity index (χ0) is 16.8. The van der Waals surface area contributed by atoms with Gasteiger partial charge in [0, 0.05) is 26.1 Å². The summed E-state index contributed by atoms with van der Waals surface area (Å²) in [6.07, 6.45) is 2.01. The molecule has 0 radical (unpaired) electrons. The third kappa shape index (κ3) is 6.26. The molecule has 5 nitrogen and oxygen atoms in total. The number of guanidine groups is 1. The van der Waals surface area contributed by atoms with Crippen molar-refractivity contribution in [3.63, 3.8) is 0 Å². The van der Waals surface area contributed by atoms with E-state index >= 15 is 0 Å². The molecule has 0 heterocycles. The van der Waals surface area contributed by atoms with Crippen molar-refractivity contribution in [3.8, 4) is 0 Å². The third-order valence-electron chi connectivity index (χ3n) is 3.94. The second-order valence-corrected chi connectivity index (χ2v) is 5.94. The highest BCUT2D eigenvalue weighted by molar-refractivity contribution is 14.0. The molecule has 24 heavy (non-hydrogen) atoms. The minimum Gasteiger partial charge on any atom is -0.355 e. The SMILES string of the molecule is CN=C(NCCNC(=O)C1CC1)NC(C)c1ccc(C)c(F)c1.I. The van der Waals surface area contributed by atoms with Gasteiger partial charge in [0.15, 0.2) is 5.96 Å². The lowest BCUT2D eigenvalue weighted by molar-refractivity contribution is -0.122. The molecular weight excluding hydrogens is 422 g/mol. The molecule has 134 valence electrons. The fourth-order valence-electron chi connectivity index (χ4n) is 2.22. The molecule has 3 N–H and O–H groups in total. The van der Waals surface area contributed by atoms with Crippen LogP contribution in [0.1, 0.15) is 36.9 Å². The molecule has 1 unspecified atom stereocenters. The van der Waals surface area contributed by atoms with Gasteiger partial charge in [-0.15, -0.1) is 24.0 Å². The summed E-state index contributed by atoms with van der Waals surface area (Å²) in [5.41, 5.74) is 1.49. The first-order valence-corrected chi connectivity index (χ1v) is 8.02. The molecule has 0 aromatic heterocycles. The predicted octanol–water partition coefficient (Wildman–Crippen LogP) is 2.50. The highest BCUT2D eigenvalue weighted by Gasteiger charge is 2.28. The summed E-state index contributed by atoms with van der Waals surface area (Å²) in [6, 6.07) is 5.14. The average molecular weight is 448 g/mol. The summed E-state index contributed by atoms with van der Waals surface area (Å²) in [4.78, 5) is 15.7. The van der Waals surface area contributed by atoms with Crippen LogP contribution in [0.5, 0.6) is 0 Å². The maximum absolute atomic E-state index is 13.6. The lowest BCUT2D eigenvalue weighted by Crippen LogP contribution is -2.42. The van der Waals surface area contributed by atoms with Gasteiger partial charge in [-0.3, -0.25) is 9.79 Å². The van der Waals surface area contributed by atoms with Gasteiger partial charge in [-0.2, -0.15) is 0 Å². The van der Waals surface area contributed by atoms with Crippen LogP contribution in [-0.2, 0) is 4.79 Å². The fraction of sp³-hybridized carbons (Fsp3) is 0.529. The van der Waals surface area contributed by atoms with Crippen LogP contribution >= 0.6 is 24.0 Å². The first kappa shape index (κ1) is 20.7. The molecule has 1 fully saturated rings. The van der Waals surface area contributed by atoms with Gasteiger partial charge in [0.05, 0.1) is 6.04 Å². The summed E-state index contributed by atoms with van der Waals surface area (Å²) in [6.45, 7) is 4.84. The number of halogens is 2. The standard InChI is InChI=1S/C17H25FN4O.HI/c1-11-4-5-14(10-15(11)18)12(2)22-17(19-3)21-9-8-20-16(23)13-6-7-13;/h4-5,10,12-13H,6-9H2,1-3H3,(H,20,23)(H2,19,21,22);1H. The quantitative estimate of drug-likeness (QED) is 0.271. The molecule has 1 aliphatic rings. The van der Waals surface area contributed by atoms with Gasteiger partial charge in [-0.05, 0) is 43.9 Å². The molecule has 0 spiro atoms. The molecule has 2 rings (SSSR count). The fourth-order valence-corrected chi connectivity index (χ4v) is 2.22. The van der Waals surface area contributed by atoms with Crippen molar-refractivity contribution in [1.29, 1.82) is 0 Å². The van der Waals surface area contributed by atoms with Gasteiger partial charge >= 0.3 is 0 Å². The predicted molar refractivity (Wildman–Crippen MR) is 105 cm³/mol. The number of nitrogens with zero attached hydrogens (tertiary/aromatic N) is 1. The number of amides is 1. The number of nitrogens with one attached hydrogen (secondary N) is 3. The number of carbonyl (C=O) groups excluding carboxylic acids is 1. The van der Waals surface area contributed by atoms with Gasteiger partial charge in [0.2, 0.25) is 5.91 Å². The van der Waals surface area contributed by atoms with Crippen molar-refractivity contribution < 1.29 is 9.18 Å². The zero-order valence-electron chi connectivity index (χ0n) is 14.4. The number of aryl methyl sites for hydroxylation is 1. The van der Waals surface area contributed by atoms with Crippen LogP contribution in [0.4, 0.5) is 4.39 Å². The van der Waals surface area contributed by atoms with Crippen LogP contribution in [-0.4, -0.2) is 32.0 Å². The Labute approximate surface area is 159 Å². The minimum absolute atomic E-state index is 0. The Morgan fingerprint density at radius 1 is 1.33 bits per heavy atom. The van der Waals surface area contributed by atoms with Crippen molar-refractivity contribution >= 4 is 35.8 Å². The summed E-state index contributed by atoms with van der Waals surface area (Å²) < 4.78 is 13.6. The van der Waals surface area contributed by atoms with Crippen molar-refractivity contribution in [3.05, 3.63) is 35.1 Å². The smallest absolute Gasteiger partial charge is 0.223 e. The van der Waals surface area contributed by atoms with Gasteiger partial charge in [-0.25, -0.2) is 4.39 Å². The Morgan fingerprint density at radius 3 is 2.58 bits per heavy atom. The Balaban J connectivity index is 0.00000288. The Kier molecular flexibility index (Phi) is 8.44. The number of hydrogen-bond donors (Lipinski definition) is 3. The van der Waals surface area contributed by atoms with Gasteiger partial charge in [0.1, 0.15) is 5.82 Å². The van der Waals surface area contributed by atoms with Crippen molar-refractivity contribution in [1.82, 2.24) is 16.0 Å². The van der Waals surface area contributed by atoms with Gasteiger partial charge in [0.25, 0.3) is 0 Å². The van der Waals surface area contributed by atoms with E-state index < -0.39 is 0 Å². The molecule has 1 amide bonds. The molecule has 7 heteroatoms. The summed E-state index contributed by atoms with van der Waals surface area (Å²) >= 11 is 0. The highest BCUT2D eigenvalue weighted by atomic mass is 127.